The van der Waals surface area contributed by atoms with Crippen molar-refractivity contribution in [2.45, 2.75) is 84.5 Å². The molecule has 0 aliphatic heterocycles. The zero-order chi connectivity index (χ0) is 23.5. The Morgan fingerprint density at radius 2 is 1.52 bits per heavy atom. The maximum atomic E-state index is 12.3. The lowest BCUT2D eigenvalue weighted by molar-refractivity contribution is -0.143. The number of esters is 1. The summed E-state index contributed by atoms with van der Waals surface area (Å²) in [5, 5.41) is 19.7. The number of carbonyl (C=O) groups excluding carboxylic acids is 1. The maximum Gasteiger partial charge on any atom is 0.306 e. The van der Waals surface area contributed by atoms with Gasteiger partial charge in [-0.05, 0) is 61.1 Å². The van der Waals surface area contributed by atoms with E-state index in [9.17, 15) is 9.90 Å². The first kappa shape index (κ1) is 24.7. The topological polar surface area (TPSA) is 77.2 Å². The minimum atomic E-state index is -0.164. The van der Waals surface area contributed by atoms with E-state index in [1.807, 2.05) is 30.3 Å². The molecule has 6 nitrogen and oxygen atoms in total. The van der Waals surface area contributed by atoms with Crippen molar-refractivity contribution < 1.29 is 14.6 Å². The van der Waals surface area contributed by atoms with Gasteiger partial charge < -0.3 is 9.84 Å². The number of fused-ring (bicyclic) bond motifs is 1. The highest BCUT2D eigenvalue weighted by Gasteiger charge is 2.15. The smallest absolute Gasteiger partial charge is 0.306 e. The minimum absolute atomic E-state index is 0.149. The fourth-order valence-corrected chi connectivity index (χ4v) is 4.00. The number of unbranched alkanes of at least 4 members (excludes halogenated alkanes) is 6. The van der Waals surface area contributed by atoms with Gasteiger partial charge in [0.15, 0.2) is 0 Å². The lowest BCUT2D eigenvalue weighted by atomic mass is 9.97. The van der Waals surface area contributed by atoms with Crippen LogP contribution in [0.2, 0.25) is 0 Å². The summed E-state index contributed by atoms with van der Waals surface area (Å²) in [7, 11) is 0. The highest BCUT2D eigenvalue weighted by Crippen LogP contribution is 2.28. The van der Waals surface area contributed by atoms with E-state index >= 15 is 0 Å². The molecule has 3 rings (SSSR count). The average Bonchev–Trinajstić information content (AvgIpc) is 3.25. The fraction of sp³-hybridized carbons (Fsp3) is 0.519. The molecule has 3 aromatic rings. The quantitative estimate of drug-likeness (QED) is 0.230. The minimum Gasteiger partial charge on any atom is -0.506 e. The molecule has 0 radical (unpaired) electrons. The summed E-state index contributed by atoms with van der Waals surface area (Å²) in [5.74, 6) is -0.0154. The van der Waals surface area contributed by atoms with Crippen LogP contribution in [0.3, 0.4) is 0 Å². The first-order valence-corrected chi connectivity index (χ1v) is 12.4. The fourth-order valence-electron chi connectivity index (χ4n) is 4.00. The molecule has 0 aliphatic carbocycles. The number of rotatable bonds is 14. The van der Waals surface area contributed by atoms with Crippen LogP contribution in [0.4, 0.5) is 0 Å². The molecule has 178 valence electrons. The third-order valence-electron chi connectivity index (χ3n) is 5.96. The molecule has 0 fully saturated rings. The van der Waals surface area contributed by atoms with E-state index in [2.05, 4.69) is 24.0 Å². The number of hydrogen-bond donors (Lipinski definition) is 1. The standard InChI is InChI=1S/C27H37N3O3/c1-3-5-7-8-9-12-18-33-27(32)17-16-22-19-25(26(31)20-21(22)13-6-4-2)30-28-23-14-10-11-15-24(23)29-30/h10-11,14-15,19-20,31H,3-9,12-13,16-18H2,1-2H3. The number of aromatic nitrogens is 3. The lowest BCUT2D eigenvalue weighted by Crippen LogP contribution is -2.09. The van der Waals surface area contributed by atoms with Gasteiger partial charge in [-0.15, -0.1) is 15.0 Å². The van der Waals surface area contributed by atoms with Gasteiger partial charge in [-0.25, -0.2) is 0 Å². The van der Waals surface area contributed by atoms with Gasteiger partial charge in [0.25, 0.3) is 0 Å². The Kier molecular flexibility index (Phi) is 9.73. The Labute approximate surface area is 197 Å². The van der Waals surface area contributed by atoms with Crippen LogP contribution in [0.1, 0.15) is 82.8 Å². The van der Waals surface area contributed by atoms with Crippen LogP contribution in [-0.4, -0.2) is 32.7 Å². The first-order valence-electron chi connectivity index (χ1n) is 12.4. The van der Waals surface area contributed by atoms with Crippen molar-refractivity contribution in [2.24, 2.45) is 0 Å². The Morgan fingerprint density at radius 1 is 0.879 bits per heavy atom. The summed E-state index contributed by atoms with van der Waals surface area (Å²) in [6.45, 7) is 4.85. The molecule has 0 saturated heterocycles. The average molecular weight is 452 g/mol. The summed E-state index contributed by atoms with van der Waals surface area (Å²) < 4.78 is 5.45. The number of carbonyl (C=O) groups is 1. The van der Waals surface area contributed by atoms with E-state index in [0.29, 0.717) is 25.1 Å². The van der Waals surface area contributed by atoms with Crippen molar-refractivity contribution in [3.05, 3.63) is 47.5 Å². The molecular formula is C27H37N3O3. The monoisotopic (exact) mass is 451 g/mol. The van der Waals surface area contributed by atoms with Gasteiger partial charge >= 0.3 is 5.97 Å². The highest BCUT2D eigenvalue weighted by atomic mass is 16.5. The summed E-state index contributed by atoms with van der Waals surface area (Å²) in [4.78, 5) is 13.8. The summed E-state index contributed by atoms with van der Waals surface area (Å²) in [5.41, 5.74) is 4.17. The molecule has 2 aromatic carbocycles. The van der Waals surface area contributed by atoms with Gasteiger partial charge in [0.05, 0.1) is 6.61 Å². The van der Waals surface area contributed by atoms with Crippen molar-refractivity contribution >= 4 is 17.0 Å². The molecule has 0 atom stereocenters. The number of aromatic hydroxyl groups is 1. The first-order chi connectivity index (χ1) is 16.1. The van der Waals surface area contributed by atoms with Crippen molar-refractivity contribution in [1.29, 1.82) is 0 Å². The Balaban J connectivity index is 1.65. The van der Waals surface area contributed by atoms with Gasteiger partial charge in [-0.2, -0.15) is 0 Å². The number of ether oxygens (including phenoxy) is 1. The molecule has 0 bridgehead atoms. The van der Waals surface area contributed by atoms with Crippen LogP contribution in [-0.2, 0) is 22.4 Å². The van der Waals surface area contributed by atoms with Crippen LogP contribution in [0.25, 0.3) is 16.7 Å². The summed E-state index contributed by atoms with van der Waals surface area (Å²) in [6, 6.07) is 11.3. The molecule has 1 heterocycles. The second kappa shape index (κ2) is 13.0. The number of phenols is 1. The predicted octanol–water partition coefficient (Wildman–Crippen LogP) is 6.31. The van der Waals surface area contributed by atoms with Crippen LogP contribution in [0.15, 0.2) is 36.4 Å². The third-order valence-corrected chi connectivity index (χ3v) is 5.96. The van der Waals surface area contributed by atoms with Gasteiger partial charge in [0, 0.05) is 6.42 Å². The lowest BCUT2D eigenvalue weighted by Gasteiger charge is -2.13. The SMILES string of the molecule is CCCCCCCCOC(=O)CCc1cc(-n2nc3ccccc3n2)c(O)cc1CCCC. The third kappa shape index (κ3) is 7.31. The van der Waals surface area contributed by atoms with E-state index in [0.717, 1.165) is 54.3 Å². The van der Waals surface area contributed by atoms with E-state index in [1.54, 1.807) is 6.07 Å². The Morgan fingerprint density at radius 3 is 2.21 bits per heavy atom. The molecule has 0 amide bonds. The van der Waals surface area contributed by atoms with Gasteiger partial charge in [-0.3, -0.25) is 4.79 Å². The van der Waals surface area contributed by atoms with Crippen molar-refractivity contribution in [1.82, 2.24) is 15.0 Å². The molecule has 1 aromatic heterocycles. The van der Waals surface area contributed by atoms with Gasteiger partial charge in [0.2, 0.25) is 0 Å². The van der Waals surface area contributed by atoms with Crippen LogP contribution in [0.5, 0.6) is 5.75 Å². The van der Waals surface area contributed by atoms with E-state index in [4.69, 9.17) is 4.74 Å². The van der Waals surface area contributed by atoms with E-state index in [-0.39, 0.29) is 11.7 Å². The van der Waals surface area contributed by atoms with Crippen molar-refractivity contribution in [2.75, 3.05) is 6.61 Å². The van der Waals surface area contributed by atoms with Crippen LogP contribution in [0, 0.1) is 0 Å². The van der Waals surface area contributed by atoms with Gasteiger partial charge in [0.1, 0.15) is 22.5 Å². The molecule has 0 unspecified atom stereocenters. The summed E-state index contributed by atoms with van der Waals surface area (Å²) in [6.07, 6.45) is 10.9. The number of benzene rings is 2. The number of aryl methyl sites for hydroxylation is 2. The molecule has 1 N–H and O–H groups in total. The molecule has 33 heavy (non-hydrogen) atoms. The Hall–Kier alpha value is -2.89. The number of nitrogens with zero attached hydrogens (tertiary/aromatic N) is 3. The molecule has 0 spiro atoms. The van der Waals surface area contributed by atoms with Crippen molar-refractivity contribution in [3.8, 4) is 11.4 Å². The molecule has 0 saturated carbocycles. The second-order valence-corrected chi connectivity index (χ2v) is 8.68. The normalized spacial score (nSPS) is 11.2. The molecular weight excluding hydrogens is 414 g/mol. The number of phenolic OH excluding ortho intramolecular Hbond substituents is 1. The van der Waals surface area contributed by atoms with E-state index in [1.165, 1.54) is 30.5 Å². The molecule has 0 aliphatic rings. The van der Waals surface area contributed by atoms with Crippen LogP contribution < -0.4 is 0 Å². The zero-order valence-corrected chi connectivity index (χ0v) is 20.1. The Bertz CT molecular complexity index is 996. The highest BCUT2D eigenvalue weighted by molar-refractivity contribution is 5.74. The second-order valence-electron chi connectivity index (χ2n) is 8.68. The van der Waals surface area contributed by atoms with Crippen molar-refractivity contribution in [3.63, 3.8) is 0 Å². The van der Waals surface area contributed by atoms with Crippen LogP contribution >= 0.6 is 0 Å². The predicted molar refractivity (Wildman–Crippen MR) is 132 cm³/mol. The summed E-state index contributed by atoms with van der Waals surface area (Å²) >= 11 is 0. The van der Waals surface area contributed by atoms with E-state index < -0.39 is 0 Å². The van der Waals surface area contributed by atoms with Gasteiger partial charge in [-0.1, -0.05) is 64.5 Å². The number of hydrogen-bond acceptors (Lipinski definition) is 5. The maximum absolute atomic E-state index is 12.3. The molecule has 6 heteroatoms. The zero-order valence-electron chi connectivity index (χ0n) is 20.1. The largest absolute Gasteiger partial charge is 0.506 e.